The summed E-state index contributed by atoms with van der Waals surface area (Å²) < 4.78 is 8.30. The van der Waals surface area contributed by atoms with E-state index in [9.17, 15) is 44.9 Å². The average Bonchev–Trinajstić information content (AvgIpc) is 1.69. The topological polar surface area (TPSA) is 484 Å². The van der Waals surface area contributed by atoms with Gasteiger partial charge in [0.25, 0.3) is 5.69 Å². The summed E-state index contributed by atoms with van der Waals surface area (Å²) in [5.41, 5.74) is 9.91. The fraction of sp³-hybridized carbons (Fsp3) is 0.286. The number of halogens is 3. The summed E-state index contributed by atoms with van der Waals surface area (Å²) >= 11 is 24.0. The largest absolute Gasteiger partial charge is 1.00 e. The number of rotatable bonds is 14. The van der Waals surface area contributed by atoms with Crippen LogP contribution in [0.2, 0.25) is 10.3 Å². The Morgan fingerprint density at radius 1 is 0.661 bits per heavy atom. The van der Waals surface area contributed by atoms with Crippen LogP contribution in [-0.4, -0.2) is 127 Å². The molecule has 2 fully saturated rings. The number of amides is 2. The van der Waals surface area contributed by atoms with Gasteiger partial charge in [-0.1, -0.05) is 47.5 Å². The number of hydrogen-bond donors (Lipinski definition) is 10. The molecule has 2 aliphatic carbocycles. The maximum atomic E-state index is 11.9. The van der Waals surface area contributed by atoms with Crippen LogP contribution in [0.15, 0.2) is 168 Å². The molecule has 109 heavy (non-hydrogen) atoms. The molecule has 0 radical (unpaired) electrons. The number of nitrogens with one attached hydrogen (secondary N) is 3. The molecule has 2 amide bonds. The minimum atomic E-state index is -0.963. The number of fused-ring (bicyclic) bond motifs is 4. The molecule has 2 aliphatic rings. The smallest absolute Gasteiger partial charge is 0.412 e. The van der Waals surface area contributed by atoms with Crippen molar-refractivity contribution in [1.29, 1.82) is 0 Å². The Morgan fingerprint density at radius 3 is 1.58 bits per heavy atom. The molecule has 0 saturated heterocycles. The number of imidazole rings is 2. The summed E-state index contributed by atoms with van der Waals surface area (Å²) in [5, 5.41) is 83.3. The van der Waals surface area contributed by atoms with E-state index in [1.165, 1.54) is 49.1 Å². The first-order valence-electron chi connectivity index (χ1n) is 32.1. The number of pyridine rings is 5. The van der Waals surface area contributed by atoms with Gasteiger partial charge in [-0.15, -0.1) is 10.2 Å². The van der Waals surface area contributed by atoms with Gasteiger partial charge in [0.05, 0.1) is 56.3 Å². The van der Waals surface area contributed by atoms with Gasteiger partial charge < -0.3 is 49.7 Å². The summed E-state index contributed by atoms with van der Waals surface area (Å²) in [6.07, 6.45) is 15.6. The van der Waals surface area contributed by atoms with Crippen molar-refractivity contribution in [2.24, 2.45) is 34.2 Å². The fourth-order valence-corrected chi connectivity index (χ4v) is 10.3. The van der Waals surface area contributed by atoms with Crippen LogP contribution in [-0.2, 0) is 38.5 Å². The van der Waals surface area contributed by atoms with Gasteiger partial charge in [0.15, 0.2) is 44.8 Å². The standard InChI is InChI=1S/C19H19N7O2S.C10H9IN4O.C9H11N3OS.C9H14N2O.C8H10ClNO.C7H6ClNO.C7H4N2O2S.CH3.Li.H4N2.H2O/c1-19(2,28)12-5-6-15-22-23-18(25(15)9-12)29-16-8-7-14-20-13(10-26(14)24-16)21-17(27)11-3-4-11;11-7-3-4-9-12-8(5-15(9)14-7)13-10(16)6-1-2-6;1-9(2,13)6-3-4-7-10-11-8(14)12(7)5-6;1-9(2,12)7-3-4-8(5-10)11-6-7;1-8(2,11)6-3-4-7(9)10-5-6;1-5(10)6-2-3-7(8)9-4-6;10-9(11)7-3-1-6(2-4-7)8-5-12;;;1-2;/h5-11,28H,3-4H2,1-2H3,(H,21,27);3-6H,1-2H2,(H,13,16);3-5,13H,1-2H3,(H,11,14);3-4,6,12H,5,10H2,1-2H3;3-5,11H,1-2H3;2-4H,1H3;1-4H;1H3;;1-2H2;1H2/q;;;;;;;-1;+1;;. The number of nitro benzene ring substituents is 1. The Morgan fingerprint density at radius 2 is 1.13 bits per heavy atom. The van der Waals surface area contributed by atoms with E-state index in [0.29, 0.717) is 66.0 Å². The number of carbonyl (C=O) groups is 3. The van der Waals surface area contributed by atoms with Crippen LogP contribution >= 0.6 is 82.0 Å². The zero-order chi connectivity index (χ0) is 77.8. The third kappa shape index (κ3) is 28.8. The Kier molecular flexibility index (Phi) is 35.5. The van der Waals surface area contributed by atoms with Crippen LogP contribution < -0.4 is 46.9 Å². The van der Waals surface area contributed by atoms with E-state index < -0.39 is 27.3 Å². The van der Waals surface area contributed by atoms with Crippen molar-refractivity contribution in [2.75, 3.05) is 10.6 Å². The first-order chi connectivity index (χ1) is 50.0. The number of non-ortho nitro benzene ring substituents is 1. The molecule has 14 rings (SSSR count). The van der Waals surface area contributed by atoms with E-state index in [-0.39, 0.29) is 66.9 Å². The van der Waals surface area contributed by atoms with E-state index in [2.05, 4.69) is 123 Å². The summed E-state index contributed by atoms with van der Waals surface area (Å²) in [6, 6.07) is 30.9. The second-order valence-corrected chi connectivity index (χ2v) is 28.8. The van der Waals surface area contributed by atoms with Crippen LogP contribution in [0.1, 0.15) is 126 Å². The molecule has 11 aromatic heterocycles. The fourth-order valence-electron chi connectivity index (χ4n) is 8.64. The Hall–Kier alpha value is -8.88. The van der Waals surface area contributed by atoms with Crippen molar-refractivity contribution in [3.8, 4) is 0 Å². The molecule has 572 valence electrons. The average molecular weight is 1690 g/mol. The molecule has 0 unspecified atom stereocenters. The molecule has 12 aromatic rings. The second kappa shape index (κ2) is 41.8. The summed E-state index contributed by atoms with van der Waals surface area (Å²) in [7, 11) is 0. The van der Waals surface area contributed by atoms with Crippen molar-refractivity contribution in [2.45, 2.75) is 127 Å². The van der Waals surface area contributed by atoms with Crippen LogP contribution in [0.3, 0.4) is 0 Å². The number of H-pyrrole nitrogens is 1. The van der Waals surface area contributed by atoms with E-state index in [4.69, 9.17) is 41.2 Å². The van der Waals surface area contributed by atoms with Gasteiger partial charge in [0, 0.05) is 78.2 Å². The van der Waals surface area contributed by atoms with E-state index in [1.54, 1.807) is 124 Å². The molecule has 0 atom stereocenters. The number of nitro groups is 1. The van der Waals surface area contributed by atoms with Gasteiger partial charge in [-0.25, -0.2) is 29.0 Å². The monoisotopic (exact) mass is 1690 g/mol. The maximum absolute atomic E-state index is 11.9. The molecule has 15 N–H and O–H groups in total. The number of aromatic amines is 1. The van der Waals surface area contributed by atoms with Gasteiger partial charge in [0.2, 0.25) is 17.0 Å². The normalized spacial score (nSPS) is 12.0. The number of carbonyl (C=O) groups excluding carboxylic acids is 3. The van der Waals surface area contributed by atoms with E-state index >= 15 is 0 Å². The number of anilines is 2. The number of hydrazine groups is 1. The minimum Gasteiger partial charge on any atom is -0.412 e. The van der Waals surface area contributed by atoms with Gasteiger partial charge in [-0.3, -0.25) is 55.1 Å². The number of ketones is 1. The molecule has 0 spiro atoms. The Bertz CT molecular complexity index is 5070. The number of benzene rings is 1. The molecule has 32 nitrogen and oxygen atoms in total. The third-order valence-corrected chi connectivity index (χ3v) is 17.2. The van der Waals surface area contributed by atoms with E-state index in [0.717, 1.165) is 68.6 Å². The maximum Gasteiger partial charge on any atom is 1.00 e. The van der Waals surface area contributed by atoms with Crippen molar-refractivity contribution in [3.63, 3.8) is 0 Å². The Balaban J connectivity index is 0.000000276. The molecule has 0 bridgehead atoms. The van der Waals surface area contributed by atoms with Gasteiger partial charge >= 0.3 is 18.9 Å². The van der Waals surface area contributed by atoms with Gasteiger partial charge in [-0.05, 0) is 231 Å². The number of aliphatic hydroxyl groups is 4. The number of thiocarbonyl (C=S) groups is 1. The first kappa shape index (κ1) is 92.5. The predicted molar refractivity (Wildman–Crippen MR) is 427 cm³/mol. The van der Waals surface area contributed by atoms with Crippen molar-refractivity contribution in [1.82, 2.24) is 73.3 Å². The molecule has 11 heterocycles. The SMILES string of the molecule is CC(=O)c1ccc(Cl)nc1.CC(C)(O)c1ccc(CN)nc1.CC(C)(O)c1ccc(Cl)nc1.CC(C)(O)c1ccc2n[nH]c(=S)n2c1.CC(C)(O)c1ccc2nnc(Sc3ccc4nc(NC(=O)C5CC5)cn4n3)n2c1.NN.O.O=C(Nc1cn2nc(I)ccc2n1)C1CC1.O=[N+]([O-])c1ccc(N=C=S)cc1.[CH3-].[Li+]. The van der Waals surface area contributed by atoms with Crippen LogP contribution in [0.4, 0.5) is 23.0 Å². The molecular weight excluding hydrogens is 1610 g/mol. The van der Waals surface area contributed by atoms with Crippen LogP contribution in [0.5, 0.6) is 0 Å². The third-order valence-electron chi connectivity index (χ3n) is 14.9. The summed E-state index contributed by atoms with van der Waals surface area (Å²) in [4.78, 5) is 67.9. The summed E-state index contributed by atoms with van der Waals surface area (Å²) in [5.74, 6) is 9.47. The van der Waals surface area contributed by atoms with E-state index in [1.807, 2.05) is 71.3 Å². The number of aliphatic imine (C=N–C) groups is 1. The van der Waals surface area contributed by atoms with Crippen LogP contribution in [0.25, 0.3) is 22.6 Å². The van der Waals surface area contributed by atoms with Crippen molar-refractivity contribution in [3.05, 3.63) is 222 Å². The molecular formula is C70H82Cl2ILiN22O10S3. The van der Waals surface area contributed by atoms with Gasteiger partial charge in [-0.2, -0.15) is 20.3 Å². The first-order valence-corrected chi connectivity index (χ1v) is 35.6. The predicted octanol–water partition coefficient (Wildman–Crippen LogP) is 8.25. The molecule has 1 aromatic carbocycles. The van der Waals surface area contributed by atoms with Crippen LogP contribution in [0, 0.1) is 37.8 Å². The number of nitrogens with two attached hydrogens (primary N) is 3. The number of hydrogen-bond acceptors (Lipinski definition) is 26. The number of nitrogens with zero attached hydrogens (tertiary/aromatic N) is 16. The number of isothiocyanates is 1. The minimum absolute atomic E-state index is 0. The molecule has 39 heteroatoms. The second-order valence-electron chi connectivity index (χ2n) is 25.4. The summed E-state index contributed by atoms with van der Waals surface area (Å²) in [6.45, 7) is 15.7. The molecule has 0 aliphatic heterocycles. The zero-order valence-corrected chi connectivity index (χ0v) is 67.3. The number of Topliss-reactive ketones (excluding diaryl/α,β-unsaturated/α-hetero) is 1. The quantitative estimate of drug-likeness (QED) is 0.00468. The number of aromatic nitrogens is 15. The van der Waals surface area contributed by atoms with Crippen molar-refractivity contribution >= 4 is 150 Å². The Labute approximate surface area is 677 Å². The molecule has 2 saturated carbocycles. The zero-order valence-electron chi connectivity index (χ0n) is 61.2. The van der Waals surface area contributed by atoms with Crippen molar-refractivity contribution < 1.29 is 64.1 Å². The van der Waals surface area contributed by atoms with Gasteiger partial charge in [0.1, 0.15) is 19.0 Å².